The van der Waals surface area contributed by atoms with Gasteiger partial charge in [-0.15, -0.1) is 0 Å². The Morgan fingerprint density at radius 2 is 1.90 bits per heavy atom. The van der Waals surface area contributed by atoms with Crippen molar-refractivity contribution in [3.8, 4) is 11.5 Å². The number of carbonyl (C=O) groups is 1. The van der Waals surface area contributed by atoms with Crippen molar-refractivity contribution in [3.05, 3.63) is 75.1 Å². The molecule has 0 aliphatic rings. The monoisotopic (exact) mass is 430 g/mol. The first kappa shape index (κ1) is 22.0. The van der Waals surface area contributed by atoms with Crippen LogP contribution in [-0.4, -0.2) is 19.7 Å². The number of ether oxygens (including phenoxy) is 3. The SMILES string of the molecule is COc1cc(/C=C/C(=O)OCc2cc(=O)oc3c(C)c(C)ccc23)ccc1OC(F)F. The van der Waals surface area contributed by atoms with Crippen LogP contribution in [0.15, 0.2) is 51.7 Å². The molecular formula is C23H20F2O6. The van der Waals surface area contributed by atoms with Crippen LogP contribution in [0.2, 0.25) is 0 Å². The number of fused-ring (bicyclic) bond motifs is 1. The van der Waals surface area contributed by atoms with Crippen LogP contribution in [0.3, 0.4) is 0 Å². The summed E-state index contributed by atoms with van der Waals surface area (Å²) in [5.41, 5.74) is 2.82. The highest BCUT2D eigenvalue weighted by Crippen LogP contribution is 2.30. The van der Waals surface area contributed by atoms with E-state index in [2.05, 4.69) is 4.74 Å². The fourth-order valence-electron chi connectivity index (χ4n) is 2.99. The summed E-state index contributed by atoms with van der Waals surface area (Å²) in [5.74, 6) is -0.654. The fourth-order valence-corrected chi connectivity index (χ4v) is 2.99. The largest absolute Gasteiger partial charge is 0.493 e. The van der Waals surface area contributed by atoms with Gasteiger partial charge in [0.1, 0.15) is 12.2 Å². The van der Waals surface area contributed by atoms with E-state index in [0.29, 0.717) is 22.1 Å². The summed E-state index contributed by atoms with van der Waals surface area (Å²) in [4.78, 5) is 24.0. The van der Waals surface area contributed by atoms with Crippen LogP contribution in [0, 0.1) is 13.8 Å². The Morgan fingerprint density at radius 1 is 1.13 bits per heavy atom. The maximum absolute atomic E-state index is 12.4. The lowest BCUT2D eigenvalue weighted by atomic mass is 10.0. The van der Waals surface area contributed by atoms with E-state index in [4.69, 9.17) is 13.9 Å². The summed E-state index contributed by atoms with van der Waals surface area (Å²) in [6.07, 6.45) is 2.63. The van der Waals surface area contributed by atoms with Gasteiger partial charge in [0.25, 0.3) is 0 Å². The highest BCUT2D eigenvalue weighted by Gasteiger charge is 2.12. The third-order valence-corrected chi connectivity index (χ3v) is 4.70. The zero-order valence-corrected chi connectivity index (χ0v) is 17.1. The molecule has 0 spiro atoms. The average Bonchev–Trinajstić information content (AvgIpc) is 2.73. The molecule has 2 aromatic carbocycles. The van der Waals surface area contributed by atoms with E-state index in [1.165, 1.54) is 43.5 Å². The predicted octanol–water partition coefficient (Wildman–Crippen LogP) is 4.78. The van der Waals surface area contributed by atoms with E-state index in [1.54, 1.807) is 0 Å². The third kappa shape index (κ3) is 5.28. The summed E-state index contributed by atoms with van der Waals surface area (Å²) in [5, 5.41) is 0.693. The van der Waals surface area contributed by atoms with Gasteiger partial charge in [-0.25, -0.2) is 9.59 Å². The number of hydrogen-bond acceptors (Lipinski definition) is 6. The second-order valence-corrected chi connectivity index (χ2v) is 6.70. The van der Waals surface area contributed by atoms with E-state index >= 15 is 0 Å². The Bertz CT molecular complexity index is 1200. The molecular weight excluding hydrogens is 410 g/mol. The first-order valence-electron chi connectivity index (χ1n) is 9.29. The quantitative estimate of drug-likeness (QED) is 0.305. The molecule has 31 heavy (non-hydrogen) atoms. The molecule has 0 radical (unpaired) electrons. The van der Waals surface area contributed by atoms with Gasteiger partial charge in [0.15, 0.2) is 11.5 Å². The minimum atomic E-state index is -2.98. The molecule has 0 N–H and O–H groups in total. The topological polar surface area (TPSA) is 75.0 Å². The number of rotatable bonds is 7. The standard InChI is InChI=1S/C23H20F2O6/c1-13-4-7-17-16(11-21(27)31-22(17)14(13)2)12-29-20(26)9-6-15-5-8-18(30-23(24)25)19(10-15)28-3/h4-11,23H,12H2,1-3H3/b9-6+. The number of esters is 1. The third-order valence-electron chi connectivity index (χ3n) is 4.70. The highest BCUT2D eigenvalue weighted by molar-refractivity contribution is 5.88. The van der Waals surface area contributed by atoms with Crippen LogP contribution in [0.1, 0.15) is 22.3 Å². The zero-order valence-electron chi connectivity index (χ0n) is 17.1. The summed E-state index contributed by atoms with van der Waals surface area (Å²) < 4.78 is 44.7. The number of aryl methyl sites for hydroxylation is 2. The Labute approximate surface area is 176 Å². The summed E-state index contributed by atoms with van der Waals surface area (Å²) in [6, 6.07) is 9.26. The summed E-state index contributed by atoms with van der Waals surface area (Å²) in [7, 11) is 1.32. The van der Waals surface area contributed by atoms with Gasteiger partial charge < -0.3 is 18.6 Å². The van der Waals surface area contributed by atoms with Crippen LogP contribution in [-0.2, 0) is 16.1 Å². The summed E-state index contributed by atoms with van der Waals surface area (Å²) in [6.45, 7) is 0.672. The van der Waals surface area contributed by atoms with Crippen molar-refractivity contribution in [2.45, 2.75) is 27.1 Å². The molecule has 3 aromatic rings. The van der Waals surface area contributed by atoms with Crippen molar-refractivity contribution in [2.24, 2.45) is 0 Å². The van der Waals surface area contributed by atoms with E-state index in [0.717, 1.165) is 11.1 Å². The first-order chi connectivity index (χ1) is 14.8. The zero-order chi connectivity index (χ0) is 22.5. The molecule has 0 saturated heterocycles. The van der Waals surface area contributed by atoms with Crippen molar-refractivity contribution >= 4 is 23.0 Å². The first-order valence-corrected chi connectivity index (χ1v) is 9.29. The van der Waals surface area contributed by atoms with Gasteiger partial charge >= 0.3 is 18.2 Å². The Hall–Kier alpha value is -3.68. The lowest BCUT2D eigenvalue weighted by Gasteiger charge is -2.10. The van der Waals surface area contributed by atoms with Crippen molar-refractivity contribution < 1.29 is 32.2 Å². The number of halogens is 2. The number of benzene rings is 2. The van der Waals surface area contributed by atoms with Crippen LogP contribution in [0.5, 0.6) is 11.5 Å². The van der Waals surface area contributed by atoms with Crippen molar-refractivity contribution in [1.29, 1.82) is 0 Å². The second-order valence-electron chi connectivity index (χ2n) is 6.70. The van der Waals surface area contributed by atoms with Gasteiger partial charge in [0.05, 0.1) is 7.11 Å². The van der Waals surface area contributed by atoms with E-state index in [-0.39, 0.29) is 18.1 Å². The van der Waals surface area contributed by atoms with Gasteiger partial charge in [-0.3, -0.25) is 0 Å². The molecule has 0 amide bonds. The minimum absolute atomic E-state index is 0.101. The van der Waals surface area contributed by atoms with Crippen LogP contribution < -0.4 is 15.1 Å². The maximum Gasteiger partial charge on any atom is 0.387 e. The molecule has 1 heterocycles. The molecule has 0 atom stereocenters. The second kappa shape index (κ2) is 9.42. The van der Waals surface area contributed by atoms with Crippen molar-refractivity contribution in [1.82, 2.24) is 0 Å². The average molecular weight is 430 g/mol. The normalized spacial score (nSPS) is 11.3. The van der Waals surface area contributed by atoms with Gasteiger partial charge in [0, 0.05) is 23.1 Å². The molecule has 3 rings (SSSR count). The number of carbonyl (C=O) groups excluding carboxylic acids is 1. The van der Waals surface area contributed by atoms with Gasteiger partial charge in [0.2, 0.25) is 0 Å². The van der Waals surface area contributed by atoms with Crippen LogP contribution >= 0.6 is 0 Å². The van der Waals surface area contributed by atoms with Gasteiger partial charge in [-0.2, -0.15) is 8.78 Å². The number of hydrogen-bond donors (Lipinski definition) is 0. The molecule has 0 unspecified atom stereocenters. The molecule has 0 bridgehead atoms. The van der Waals surface area contributed by atoms with E-state index in [1.807, 2.05) is 26.0 Å². The van der Waals surface area contributed by atoms with Gasteiger partial charge in [-0.05, 0) is 48.7 Å². The van der Waals surface area contributed by atoms with Gasteiger partial charge in [-0.1, -0.05) is 18.2 Å². The minimum Gasteiger partial charge on any atom is -0.493 e. The Kier molecular flexibility index (Phi) is 6.69. The molecule has 0 aliphatic heterocycles. The summed E-state index contributed by atoms with van der Waals surface area (Å²) >= 11 is 0. The molecule has 162 valence electrons. The number of alkyl halides is 2. The molecule has 0 aliphatic carbocycles. The lowest BCUT2D eigenvalue weighted by Crippen LogP contribution is -2.06. The molecule has 1 aromatic heterocycles. The maximum atomic E-state index is 12.4. The fraction of sp³-hybridized carbons (Fsp3) is 0.217. The smallest absolute Gasteiger partial charge is 0.387 e. The van der Waals surface area contributed by atoms with Crippen molar-refractivity contribution in [2.75, 3.05) is 7.11 Å². The van der Waals surface area contributed by atoms with E-state index in [9.17, 15) is 18.4 Å². The van der Waals surface area contributed by atoms with Crippen molar-refractivity contribution in [3.63, 3.8) is 0 Å². The lowest BCUT2D eigenvalue weighted by molar-refractivity contribution is -0.138. The van der Waals surface area contributed by atoms with Crippen LogP contribution in [0.4, 0.5) is 8.78 Å². The Morgan fingerprint density at radius 3 is 2.61 bits per heavy atom. The van der Waals surface area contributed by atoms with E-state index < -0.39 is 18.2 Å². The molecule has 0 saturated carbocycles. The number of methoxy groups -OCH3 is 1. The molecule has 8 heteroatoms. The highest BCUT2D eigenvalue weighted by atomic mass is 19.3. The molecule has 0 fully saturated rings. The Balaban J connectivity index is 1.73. The molecule has 6 nitrogen and oxygen atoms in total. The predicted molar refractivity (Wildman–Crippen MR) is 110 cm³/mol. The van der Waals surface area contributed by atoms with Crippen LogP contribution in [0.25, 0.3) is 17.0 Å².